The first-order valence-electron chi connectivity index (χ1n) is 7.43. The van der Waals surface area contributed by atoms with Crippen molar-refractivity contribution in [2.75, 3.05) is 0 Å². The second kappa shape index (κ2) is 5.87. The molecule has 2 atom stereocenters. The average molecular weight is 285 g/mol. The molecule has 2 rings (SSSR count). The van der Waals surface area contributed by atoms with Gasteiger partial charge in [0.1, 0.15) is 0 Å². The number of benzene rings is 1. The first kappa shape index (κ1) is 15.5. The summed E-state index contributed by atoms with van der Waals surface area (Å²) in [4.78, 5) is 14.5. The molecule has 112 valence electrons. The van der Waals surface area contributed by atoms with Gasteiger partial charge in [0.05, 0.1) is 17.7 Å². The molecule has 0 saturated carbocycles. The largest absolute Gasteiger partial charge is 0.329 e. The number of carbonyl (C=O) groups excluding carboxylic acids is 1. The summed E-state index contributed by atoms with van der Waals surface area (Å²) in [6, 6.07) is 9.29. The van der Waals surface area contributed by atoms with Crippen LogP contribution in [0, 0.1) is 11.3 Å². The van der Waals surface area contributed by atoms with Crippen LogP contribution in [0.4, 0.5) is 0 Å². The van der Waals surface area contributed by atoms with Crippen LogP contribution in [-0.4, -0.2) is 22.4 Å². The van der Waals surface area contributed by atoms with Gasteiger partial charge in [-0.1, -0.05) is 18.2 Å². The Morgan fingerprint density at radius 2 is 2.00 bits per heavy atom. The van der Waals surface area contributed by atoms with Crippen molar-refractivity contribution in [1.82, 2.24) is 4.90 Å². The Morgan fingerprint density at radius 3 is 2.62 bits per heavy atom. The van der Waals surface area contributed by atoms with Gasteiger partial charge in [-0.15, -0.1) is 0 Å². The summed E-state index contributed by atoms with van der Waals surface area (Å²) in [5.41, 5.74) is 7.51. The van der Waals surface area contributed by atoms with Crippen molar-refractivity contribution in [3.05, 3.63) is 35.4 Å². The SMILES string of the molecule is CC(C)(C)N1C(=O)CCCC(N)C1c1ccccc1C#N. The Balaban J connectivity index is 2.58. The first-order valence-corrected chi connectivity index (χ1v) is 7.43. The van der Waals surface area contributed by atoms with E-state index in [9.17, 15) is 10.1 Å². The summed E-state index contributed by atoms with van der Waals surface area (Å²) in [6.45, 7) is 6.06. The number of hydrogen-bond acceptors (Lipinski definition) is 3. The first-order chi connectivity index (χ1) is 9.86. The standard InChI is InChI=1S/C17H23N3O/c1-17(2,3)20-15(21)10-6-9-14(19)16(20)13-8-5-4-7-12(13)11-18/h4-5,7-8,14,16H,6,9-10,19H2,1-3H3. The number of likely N-dealkylation sites (tertiary alicyclic amines) is 1. The highest BCUT2D eigenvalue weighted by atomic mass is 16.2. The maximum Gasteiger partial charge on any atom is 0.223 e. The molecule has 0 aromatic heterocycles. The molecule has 4 nitrogen and oxygen atoms in total. The highest BCUT2D eigenvalue weighted by molar-refractivity contribution is 5.78. The van der Waals surface area contributed by atoms with Crippen molar-refractivity contribution in [2.45, 2.75) is 57.7 Å². The van der Waals surface area contributed by atoms with Gasteiger partial charge >= 0.3 is 0 Å². The van der Waals surface area contributed by atoms with E-state index in [1.807, 2.05) is 43.9 Å². The molecule has 0 spiro atoms. The monoisotopic (exact) mass is 285 g/mol. The molecule has 1 amide bonds. The number of nitrogens with two attached hydrogens (primary N) is 1. The smallest absolute Gasteiger partial charge is 0.223 e. The van der Waals surface area contributed by atoms with Crippen molar-refractivity contribution < 1.29 is 4.79 Å². The summed E-state index contributed by atoms with van der Waals surface area (Å²) >= 11 is 0. The van der Waals surface area contributed by atoms with Gasteiger partial charge < -0.3 is 10.6 Å². The third kappa shape index (κ3) is 3.08. The minimum Gasteiger partial charge on any atom is -0.329 e. The van der Waals surface area contributed by atoms with Crippen molar-refractivity contribution in [3.8, 4) is 6.07 Å². The molecule has 1 aromatic rings. The van der Waals surface area contributed by atoms with Crippen LogP contribution in [0.25, 0.3) is 0 Å². The van der Waals surface area contributed by atoms with Crippen LogP contribution in [0.2, 0.25) is 0 Å². The van der Waals surface area contributed by atoms with Crippen molar-refractivity contribution in [1.29, 1.82) is 5.26 Å². The van der Waals surface area contributed by atoms with E-state index < -0.39 is 0 Å². The van der Waals surface area contributed by atoms with Crippen LogP contribution in [0.5, 0.6) is 0 Å². The van der Waals surface area contributed by atoms with Crippen molar-refractivity contribution in [3.63, 3.8) is 0 Å². The number of amides is 1. The van der Waals surface area contributed by atoms with Gasteiger partial charge in [-0.25, -0.2) is 0 Å². The lowest BCUT2D eigenvalue weighted by Gasteiger charge is -2.43. The highest BCUT2D eigenvalue weighted by Gasteiger charge is 2.39. The fourth-order valence-corrected chi connectivity index (χ4v) is 3.13. The van der Waals surface area contributed by atoms with Gasteiger partial charge in [0.25, 0.3) is 0 Å². The zero-order valence-electron chi connectivity index (χ0n) is 13.0. The van der Waals surface area contributed by atoms with Crippen LogP contribution < -0.4 is 5.73 Å². The van der Waals surface area contributed by atoms with Crippen molar-refractivity contribution in [2.24, 2.45) is 5.73 Å². The van der Waals surface area contributed by atoms with Gasteiger partial charge in [0, 0.05) is 18.0 Å². The molecule has 1 heterocycles. The van der Waals surface area contributed by atoms with E-state index >= 15 is 0 Å². The predicted octanol–water partition coefficient (Wildman–Crippen LogP) is 2.74. The van der Waals surface area contributed by atoms with E-state index in [1.165, 1.54) is 0 Å². The van der Waals surface area contributed by atoms with Crippen molar-refractivity contribution >= 4 is 5.91 Å². The average Bonchev–Trinajstić information content (AvgIpc) is 2.57. The van der Waals surface area contributed by atoms with Gasteiger partial charge in [0.15, 0.2) is 0 Å². The lowest BCUT2D eigenvalue weighted by molar-refractivity contribution is -0.139. The molecule has 21 heavy (non-hydrogen) atoms. The summed E-state index contributed by atoms with van der Waals surface area (Å²) in [5, 5.41) is 9.37. The highest BCUT2D eigenvalue weighted by Crippen LogP contribution is 2.36. The number of hydrogen-bond donors (Lipinski definition) is 1. The van der Waals surface area contributed by atoms with Crippen LogP contribution in [0.1, 0.15) is 57.2 Å². The lowest BCUT2D eigenvalue weighted by Crippen LogP contribution is -2.51. The number of carbonyl (C=O) groups is 1. The molecule has 1 aliphatic rings. The van der Waals surface area contributed by atoms with E-state index in [4.69, 9.17) is 5.73 Å². The molecule has 4 heteroatoms. The number of nitriles is 1. The van der Waals surface area contributed by atoms with E-state index in [0.717, 1.165) is 18.4 Å². The zero-order valence-corrected chi connectivity index (χ0v) is 13.0. The van der Waals surface area contributed by atoms with E-state index in [-0.39, 0.29) is 23.5 Å². The van der Waals surface area contributed by atoms with Crippen LogP contribution in [0.3, 0.4) is 0 Å². The molecule has 1 aromatic carbocycles. The molecule has 1 fully saturated rings. The van der Waals surface area contributed by atoms with Crippen LogP contribution in [-0.2, 0) is 4.79 Å². The van der Waals surface area contributed by atoms with Gasteiger partial charge in [-0.05, 0) is 45.2 Å². The molecular weight excluding hydrogens is 262 g/mol. The molecule has 2 N–H and O–H groups in total. The number of nitrogens with zero attached hydrogens (tertiary/aromatic N) is 2. The second-order valence-corrected chi connectivity index (χ2v) is 6.63. The van der Waals surface area contributed by atoms with E-state index in [1.54, 1.807) is 6.07 Å². The summed E-state index contributed by atoms with van der Waals surface area (Å²) < 4.78 is 0. The van der Waals surface area contributed by atoms with Gasteiger partial charge in [-0.3, -0.25) is 4.79 Å². The molecule has 2 unspecified atom stereocenters. The summed E-state index contributed by atoms with van der Waals surface area (Å²) in [7, 11) is 0. The normalized spacial score (nSPS) is 23.6. The van der Waals surface area contributed by atoms with Crippen LogP contribution in [0.15, 0.2) is 24.3 Å². The Morgan fingerprint density at radius 1 is 1.33 bits per heavy atom. The second-order valence-electron chi connectivity index (χ2n) is 6.63. The topological polar surface area (TPSA) is 70.1 Å². The van der Waals surface area contributed by atoms with Gasteiger partial charge in [0.2, 0.25) is 5.91 Å². The maximum atomic E-state index is 12.6. The zero-order chi connectivity index (χ0) is 15.6. The third-order valence-electron chi connectivity index (χ3n) is 4.00. The fourth-order valence-electron chi connectivity index (χ4n) is 3.13. The maximum absolute atomic E-state index is 12.6. The molecule has 0 bridgehead atoms. The quantitative estimate of drug-likeness (QED) is 0.862. The number of rotatable bonds is 1. The minimum absolute atomic E-state index is 0.119. The molecule has 0 radical (unpaired) electrons. The molecular formula is C17H23N3O. The molecule has 1 saturated heterocycles. The third-order valence-corrected chi connectivity index (χ3v) is 4.00. The van der Waals surface area contributed by atoms with Crippen LogP contribution >= 0.6 is 0 Å². The van der Waals surface area contributed by atoms with E-state index in [0.29, 0.717) is 12.0 Å². The Hall–Kier alpha value is -1.86. The Bertz CT molecular complexity index is 568. The summed E-state index contributed by atoms with van der Waals surface area (Å²) in [5.74, 6) is 0.119. The minimum atomic E-state index is -0.327. The fraction of sp³-hybridized carbons (Fsp3) is 0.529. The molecule has 0 aliphatic carbocycles. The Kier molecular flexibility index (Phi) is 4.34. The predicted molar refractivity (Wildman–Crippen MR) is 82.3 cm³/mol. The molecule has 1 aliphatic heterocycles. The summed E-state index contributed by atoms with van der Waals surface area (Å²) in [6.07, 6.45) is 2.12. The lowest BCUT2D eigenvalue weighted by atomic mass is 9.90. The van der Waals surface area contributed by atoms with E-state index in [2.05, 4.69) is 6.07 Å². The Labute approximate surface area is 126 Å². The van der Waals surface area contributed by atoms with Gasteiger partial charge in [-0.2, -0.15) is 5.26 Å².